The van der Waals surface area contributed by atoms with Crippen LogP contribution in [0.4, 0.5) is 0 Å². The second-order valence-electron chi connectivity index (χ2n) is 4.26. The number of furan rings is 1. The Kier molecular flexibility index (Phi) is 3.66. The lowest BCUT2D eigenvalue weighted by molar-refractivity contribution is 0.0459. The molecule has 0 saturated carbocycles. The largest absolute Gasteiger partial charge is 0.459 e. The lowest BCUT2D eigenvalue weighted by atomic mass is 10.1. The molecule has 0 radical (unpaired) electrons. The normalized spacial score (nSPS) is 10.1. The molecule has 0 atom stereocenters. The first-order valence-corrected chi connectivity index (χ1v) is 6.30. The van der Waals surface area contributed by atoms with E-state index >= 15 is 0 Å². The number of benzene rings is 1. The van der Waals surface area contributed by atoms with Crippen molar-refractivity contribution in [2.45, 2.75) is 6.61 Å². The van der Waals surface area contributed by atoms with Gasteiger partial charge in [-0.15, -0.1) is 0 Å². The molecule has 0 aliphatic carbocycles. The zero-order chi connectivity index (χ0) is 15.4. The quantitative estimate of drug-likeness (QED) is 0.681. The van der Waals surface area contributed by atoms with Gasteiger partial charge in [0.15, 0.2) is 12.4 Å². The summed E-state index contributed by atoms with van der Waals surface area (Å²) in [6, 6.07) is 11.6. The Labute approximate surface area is 124 Å². The summed E-state index contributed by atoms with van der Waals surface area (Å²) in [4.78, 5) is 15.9. The molecule has 7 nitrogen and oxygen atoms in total. The highest BCUT2D eigenvalue weighted by molar-refractivity contribution is 5.89. The average molecular weight is 295 g/mol. The van der Waals surface area contributed by atoms with Gasteiger partial charge in [0.05, 0.1) is 23.5 Å². The number of carbonyl (C=O) groups excluding carboxylic acids is 1. The van der Waals surface area contributed by atoms with E-state index in [4.69, 9.17) is 18.9 Å². The van der Waals surface area contributed by atoms with Crippen molar-refractivity contribution in [3.8, 4) is 17.7 Å². The van der Waals surface area contributed by atoms with Crippen molar-refractivity contribution in [2.75, 3.05) is 0 Å². The highest BCUT2D eigenvalue weighted by Crippen LogP contribution is 2.17. The van der Waals surface area contributed by atoms with Crippen LogP contribution in [0, 0.1) is 11.3 Å². The smallest absolute Gasteiger partial charge is 0.338 e. The Hall–Kier alpha value is -3.40. The van der Waals surface area contributed by atoms with E-state index in [1.54, 1.807) is 30.3 Å². The van der Waals surface area contributed by atoms with Gasteiger partial charge in [-0.1, -0.05) is 11.2 Å². The third-order valence-electron chi connectivity index (χ3n) is 2.76. The van der Waals surface area contributed by atoms with Crippen molar-refractivity contribution in [1.29, 1.82) is 5.26 Å². The lowest BCUT2D eigenvalue weighted by Crippen LogP contribution is -2.06. The molecule has 108 valence electrons. The molecule has 0 aliphatic heterocycles. The van der Waals surface area contributed by atoms with Crippen LogP contribution in [0.5, 0.6) is 0 Å². The van der Waals surface area contributed by atoms with E-state index in [-0.39, 0.29) is 23.9 Å². The first-order valence-electron chi connectivity index (χ1n) is 6.30. The van der Waals surface area contributed by atoms with Crippen molar-refractivity contribution in [3.05, 3.63) is 59.6 Å². The molecule has 0 unspecified atom stereocenters. The van der Waals surface area contributed by atoms with E-state index in [1.807, 2.05) is 6.07 Å². The summed E-state index contributed by atoms with van der Waals surface area (Å²) in [6.07, 6.45) is 1.49. The summed E-state index contributed by atoms with van der Waals surface area (Å²) in [5.74, 6) is 0.298. The maximum absolute atomic E-state index is 11.9. The van der Waals surface area contributed by atoms with E-state index in [0.717, 1.165) is 0 Å². The Morgan fingerprint density at radius 1 is 1.32 bits per heavy atom. The van der Waals surface area contributed by atoms with E-state index in [2.05, 4.69) is 10.1 Å². The summed E-state index contributed by atoms with van der Waals surface area (Å²) in [5.41, 5.74) is 0.669. The minimum Gasteiger partial charge on any atom is -0.459 e. The van der Waals surface area contributed by atoms with Gasteiger partial charge in [-0.2, -0.15) is 10.2 Å². The Balaban J connectivity index is 1.65. The van der Waals surface area contributed by atoms with Gasteiger partial charge in [-0.3, -0.25) is 0 Å². The predicted octanol–water partition coefficient (Wildman–Crippen LogP) is 2.56. The second-order valence-corrected chi connectivity index (χ2v) is 4.26. The highest BCUT2D eigenvalue weighted by atomic mass is 16.5. The lowest BCUT2D eigenvalue weighted by Gasteiger charge is -2.01. The number of hydrogen-bond donors (Lipinski definition) is 0. The van der Waals surface area contributed by atoms with E-state index < -0.39 is 5.97 Å². The maximum atomic E-state index is 11.9. The average Bonchev–Trinajstić information content (AvgIpc) is 3.23. The molecular weight excluding hydrogens is 286 g/mol. The van der Waals surface area contributed by atoms with Crippen LogP contribution in [0.25, 0.3) is 11.7 Å². The molecule has 0 saturated heterocycles. The Morgan fingerprint density at radius 2 is 2.23 bits per heavy atom. The standard InChI is InChI=1S/C15H9N3O4/c16-8-10-3-1-4-11(7-10)15(19)21-9-13-17-14(22-18-13)12-5-2-6-20-12/h1-7H,9H2. The number of rotatable bonds is 4. The summed E-state index contributed by atoms with van der Waals surface area (Å²) in [7, 11) is 0. The third-order valence-corrected chi connectivity index (χ3v) is 2.76. The van der Waals surface area contributed by atoms with Crippen molar-refractivity contribution in [3.63, 3.8) is 0 Å². The molecule has 2 aromatic heterocycles. The van der Waals surface area contributed by atoms with Crippen LogP contribution in [-0.4, -0.2) is 16.1 Å². The number of aromatic nitrogens is 2. The molecule has 1 aromatic carbocycles. The van der Waals surface area contributed by atoms with E-state index in [0.29, 0.717) is 11.3 Å². The van der Waals surface area contributed by atoms with Crippen LogP contribution < -0.4 is 0 Å². The number of nitriles is 1. The molecule has 0 N–H and O–H groups in total. The molecule has 3 aromatic rings. The van der Waals surface area contributed by atoms with Gasteiger partial charge in [-0.05, 0) is 30.3 Å². The first-order chi connectivity index (χ1) is 10.8. The predicted molar refractivity (Wildman–Crippen MR) is 72.3 cm³/mol. The number of carbonyl (C=O) groups is 1. The fourth-order valence-electron chi connectivity index (χ4n) is 1.74. The van der Waals surface area contributed by atoms with Gasteiger partial charge in [-0.25, -0.2) is 4.79 Å². The molecule has 22 heavy (non-hydrogen) atoms. The SMILES string of the molecule is N#Cc1cccc(C(=O)OCc2noc(-c3ccco3)n2)c1. The molecule has 0 spiro atoms. The van der Waals surface area contributed by atoms with Crippen LogP contribution in [0.2, 0.25) is 0 Å². The van der Waals surface area contributed by atoms with Crippen molar-refractivity contribution in [2.24, 2.45) is 0 Å². The number of nitrogens with zero attached hydrogens (tertiary/aromatic N) is 3. The fraction of sp³-hybridized carbons (Fsp3) is 0.0667. The molecule has 2 heterocycles. The molecule has 7 heteroatoms. The van der Waals surface area contributed by atoms with Crippen molar-refractivity contribution < 1.29 is 18.5 Å². The zero-order valence-corrected chi connectivity index (χ0v) is 11.2. The molecule has 0 aliphatic rings. The van der Waals surface area contributed by atoms with E-state index in [1.165, 1.54) is 12.3 Å². The third kappa shape index (κ3) is 2.86. The van der Waals surface area contributed by atoms with Gasteiger partial charge in [0.1, 0.15) is 0 Å². The molecule has 0 fully saturated rings. The summed E-state index contributed by atoms with van der Waals surface area (Å²) >= 11 is 0. The number of ether oxygens (including phenoxy) is 1. The molecule has 0 bridgehead atoms. The Bertz CT molecular complexity index is 831. The summed E-state index contributed by atoms with van der Waals surface area (Å²) in [6.45, 7) is -0.139. The number of hydrogen-bond acceptors (Lipinski definition) is 7. The minimum atomic E-state index is -0.568. The van der Waals surface area contributed by atoms with Gasteiger partial charge in [0, 0.05) is 0 Å². The number of esters is 1. The first kappa shape index (κ1) is 13.6. The molecule has 0 amide bonds. The zero-order valence-electron chi connectivity index (χ0n) is 11.2. The van der Waals surface area contributed by atoms with Gasteiger partial charge >= 0.3 is 5.97 Å². The van der Waals surface area contributed by atoms with Crippen molar-refractivity contribution in [1.82, 2.24) is 10.1 Å². The van der Waals surface area contributed by atoms with Crippen LogP contribution in [0.15, 0.2) is 51.6 Å². The summed E-state index contributed by atoms with van der Waals surface area (Å²) < 4.78 is 15.2. The fourth-order valence-corrected chi connectivity index (χ4v) is 1.74. The van der Waals surface area contributed by atoms with Crippen LogP contribution in [0.3, 0.4) is 0 Å². The second kappa shape index (κ2) is 5.93. The molecular formula is C15H9N3O4. The van der Waals surface area contributed by atoms with Crippen LogP contribution in [0.1, 0.15) is 21.7 Å². The monoisotopic (exact) mass is 295 g/mol. The van der Waals surface area contributed by atoms with Crippen LogP contribution in [-0.2, 0) is 11.3 Å². The van der Waals surface area contributed by atoms with E-state index in [9.17, 15) is 4.79 Å². The van der Waals surface area contributed by atoms with Gasteiger partial charge in [0.2, 0.25) is 5.82 Å². The minimum absolute atomic E-state index is 0.139. The Morgan fingerprint density at radius 3 is 3.00 bits per heavy atom. The maximum Gasteiger partial charge on any atom is 0.338 e. The topological polar surface area (TPSA) is 102 Å². The highest BCUT2D eigenvalue weighted by Gasteiger charge is 2.14. The van der Waals surface area contributed by atoms with Gasteiger partial charge < -0.3 is 13.7 Å². The van der Waals surface area contributed by atoms with Crippen molar-refractivity contribution >= 4 is 5.97 Å². The summed E-state index contributed by atoms with van der Waals surface area (Å²) in [5, 5.41) is 12.5. The van der Waals surface area contributed by atoms with Crippen LogP contribution >= 0.6 is 0 Å². The molecule has 3 rings (SSSR count). The van der Waals surface area contributed by atoms with Gasteiger partial charge in [0.25, 0.3) is 5.89 Å².